The second-order valence-electron chi connectivity index (χ2n) is 9.43. The molecule has 1 aliphatic carbocycles. The Balaban J connectivity index is 1.18. The van der Waals surface area contributed by atoms with E-state index < -0.39 is 0 Å². The lowest BCUT2D eigenvalue weighted by molar-refractivity contribution is -0.137. The zero-order valence-corrected chi connectivity index (χ0v) is 20.2. The first-order valence-electron chi connectivity index (χ1n) is 12.2. The van der Waals surface area contributed by atoms with Crippen LogP contribution in [0.1, 0.15) is 48.1 Å². The number of carbonyl (C=O) groups is 1. The van der Waals surface area contributed by atoms with Crippen LogP contribution in [0.2, 0.25) is 0 Å². The van der Waals surface area contributed by atoms with Gasteiger partial charge < -0.3 is 14.6 Å². The number of nitrogens with zero attached hydrogens (tertiary/aromatic N) is 2. The lowest BCUT2D eigenvalue weighted by Crippen LogP contribution is -2.43. The van der Waals surface area contributed by atoms with Crippen molar-refractivity contribution in [1.82, 2.24) is 14.9 Å². The summed E-state index contributed by atoms with van der Waals surface area (Å²) in [6.07, 6.45) is 10.2. The third-order valence-electron chi connectivity index (χ3n) is 7.54. The summed E-state index contributed by atoms with van der Waals surface area (Å²) < 4.78 is 6.64. The third-order valence-corrected chi connectivity index (χ3v) is 8.71. The van der Waals surface area contributed by atoms with E-state index in [0.717, 1.165) is 60.6 Å². The number of rotatable bonds is 4. The minimum absolute atomic E-state index is 0.0144. The Kier molecular flexibility index (Phi) is 5.61. The number of piperidine rings is 1. The van der Waals surface area contributed by atoms with Crippen molar-refractivity contribution in [3.63, 3.8) is 0 Å². The molecule has 0 radical (unpaired) electrons. The number of ether oxygens (including phenoxy) is 1. The topological polar surface area (TPSA) is 58.2 Å². The van der Waals surface area contributed by atoms with Gasteiger partial charge in [-0.15, -0.1) is 11.3 Å². The fourth-order valence-electron chi connectivity index (χ4n) is 5.64. The number of aromatic amines is 1. The number of methoxy groups -OCH3 is 1. The molecule has 1 N–H and O–H groups in total. The molecule has 6 heteroatoms. The summed E-state index contributed by atoms with van der Waals surface area (Å²) in [5, 5.41) is 2.34. The van der Waals surface area contributed by atoms with Crippen molar-refractivity contribution in [2.45, 2.75) is 37.5 Å². The van der Waals surface area contributed by atoms with Crippen LogP contribution in [-0.4, -0.2) is 41.0 Å². The number of amides is 1. The number of para-hydroxylation sites is 1. The van der Waals surface area contributed by atoms with Crippen molar-refractivity contribution >= 4 is 38.4 Å². The van der Waals surface area contributed by atoms with Gasteiger partial charge in [-0.25, -0.2) is 4.98 Å². The summed E-state index contributed by atoms with van der Waals surface area (Å²) in [5.41, 5.74) is 3.52. The lowest BCUT2D eigenvalue weighted by atomic mass is 9.81. The van der Waals surface area contributed by atoms with E-state index in [1.807, 2.05) is 12.1 Å². The van der Waals surface area contributed by atoms with Crippen LogP contribution < -0.4 is 4.74 Å². The molecule has 1 saturated heterocycles. The number of aromatic nitrogens is 2. The Morgan fingerprint density at radius 3 is 2.76 bits per heavy atom. The fraction of sp³-hybridized carbons (Fsp3) is 0.357. The SMILES string of the molecule is COc1ccc2[nH]cc(C3CCN(C(=O)C4CC=CCC4c4nc5ccccc5s4)CC3)c2c1. The maximum absolute atomic E-state index is 13.7. The van der Waals surface area contributed by atoms with E-state index in [9.17, 15) is 4.79 Å². The van der Waals surface area contributed by atoms with Crippen LogP contribution in [0.25, 0.3) is 21.1 Å². The standard InChI is InChI=1S/C28H29N3O2S/c1-33-19-10-11-24-22(16-19)23(17-29-24)18-12-14-31(15-13-18)28(32)21-7-3-2-6-20(21)27-30-25-8-4-5-9-26(25)34-27/h2-5,8-11,16-18,20-21,29H,6-7,12-15H2,1H3. The van der Waals surface area contributed by atoms with Gasteiger partial charge in [0.2, 0.25) is 5.91 Å². The van der Waals surface area contributed by atoms with Crippen molar-refractivity contribution in [3.05, 3.63) is 71.4 Å². The predicted octanol–water partition coefficient (Wildman–Crippen LogP) is 6.24. The highest BCUT2D eigenvalue weighted by Crippen LogP contribution is 2.41. The molecule has 2 unspecified atom stereocenters. The quantitative estimate of drug-likeness (QED) is 0.358. The van der Waals surface area contributed by atoms with Crippen LogP contribution in [0.15, 0.2) is 60.8 Å². The van der Waals surface area contributed by atoms with Gasteiger partial charge in [0.05, 0.1) is 28.3 Å². The van der Waals surface area contributed by atoms with Gasteiger partial charge in [0.15, 0.2) is 0 Å². The van der Waals surface area contributed by atoms with Gasteiger partial charge in [-0.2, -0.15) is 0 Å². The minimum atomic E-state index is -0.0144. The van der Waals surface area contributed by atoms with Gasteiger partial charge in [-0.05, 0) is 67.5 Å². The number of fused-ring (bicyclic) bond motifs is 2. The van der Waals surface area contributed by atoms with E-state index in [2.05, 4.69) is 58.6 Å². The molecule has 1 amide bonds. The van der Waals surface area contributed by atoms with Crippen molar-refractivity contribution in [2.75, 3.05) is 20.2 Å². The maximum Gasteiger partial charge on any atom is 0.226 e. The van der Waals surface area contributed by atoms with Crippen LogP contribution in [0.5, 0.6) is 5.75 Å². The van der Waals surface area contributed by atoms with E-state index in [-0.39, 0.29) is 11.8 Å². The predicted molar refractivity (Wildman–Crippen MR) is 138 cm³/mol. The largest absolute Gasteiger partial charge is 0.497 e. The van der Waals surface area contributed by atoms with Gasteiger partial charge >= 0.3 is 0 Å². The Morgan fingerprint density at radius 2 is 1.94 bits per heavy atom. The fourth-order valence-corrected chi connectivity index (χ4v) is 6.79. The number of thiazole rings is 1. The number of nitrogens with one attached hydrogen (secondary N) is 1. The number of carbonyl (C=O) groups excluding carboxylic acids is 1. The molecule has 34 heavy (non-hydrogen) atoms. The number of H-pyrrole nitrogens is 1. The summed E-state index contributed by atoms with van der Waals surface area (Å²) >= 11 is 1.74. The average molecular weight is 472 g/mol. The molecular weight excluding hydrogens is 442 g/mol. The molecule has 2 aromatic carbocycles. The molecule has 1 fully saturated rings. The highest BCUT2D eigenvalue weighted by molar-refractivity contribution is 7.18. The second kappa shape index (κ2) is 8.91. The zero-order chi connectivity index (χ0) is 23.1. The number of likely N-dealkylation sites (tertiary alicyclic amines) is 1. The van der Waals surface area contributed by atoms with E-state index >= 15 is 0 Å². The first-order valence-corrected chi connectivity index (χ1v) is 13.0. The number of hydrogen-bond donors (Lipinski definition) is 1. The smallest absolute Gasteiger partial charge is 0.226 e. The third kappa shape index (κ3) is 3.80. The molecule has 0 bridgehead atoms. The summed E-state index contributed by atoms with van der Waals surface area (Å²) in [4.78, 5) is 24.1. The molecule has 1 aliphatic heterocycles. The number of allylic oxidation sites excluding steroid dienone is 2. The van der Waals surface area contributed by atoms with Gasteiger partial charge in [0.25, 0.3) is 0 Å². The molecule has 3 heterocycles. The molecule has 5 nitrogen and oxygen atoms in total. The van der Waals surface area contributed by atoms with E-state index in [0.29, 0.717) is 11.8 Å². The first kappa shape index (κ1) is 21.4. The summed E-state index contributed by atoms with van der Waals surface area (Å²) in [5.74, 6) is 1.80. The molecule has 0 saturated carbocycles. The Labute approximate surface area is 203 Å². The van der Waals surface area contributed by atoms with E-state index in [4.69, 9.17) is 9.72 Å². The zero-order valence-electron chi connectivity index (χ0n) is 19.4. The molecule has 2 atom stereocenters. The summed E-state index contributed by atoms with van der Waals surface area (Å²) in [7, 11) is 1.71. The lowest BCUT2D eigenvalue weighted by Gasteiger charge is -2.36. The van der Waals surface area contributed by atoms with Crippen molar-refractivity contribution in [2.24, 2.45) is 5.92 Å². The van der Waals surface area contributed by atoms with Gasteiger partial charge in [-0.3, -0.25) is 4.79 Å². The summed E-state index contributed by atoms with van der Waals surface area (Å²) in [6.45, 7) is 1.62. The molecular formula is C28H29N3O2S. The van der Waals surface area contributed by atoms with Gasteiger partial charge in [0.1, 0.15) is 5.75 Å². The average Bonchev–Trinajstić information content (AvgIpc) is 3.52. The Morgan fingerprint density at radius 1 is 1.12 bits per heavy atom. The first-order chi connectivity index (χ1) is 16.7. The molecule has 4 aromatic rings. The van der Waals surface area contributed by atoms with Crippen molar-refractivity contribution < 1.29 is 9.53 Å². The molecule has 2 aromatic heterocycles. The second-order valence-corrected chi connectivity index (χ2v) is 10.5. The van der Waals surface area contributed by atoms with E-state index in [1.165, 1.54) is 15.6 Å². The van der Waals surface area contributed by atoms with Gasteiger partial charge in [0, 0.05) is 36.1 Å². The van der Waals surface area contributed by atoms with Crippen LogP contribution in [0, 0.1) is 5.92 Å². The highest BCUT2D eigenvalue weighted by Gasteiger charge is 2.36. The van der Waals surface area contributed by atoms with Crippen LogP contribution in [-0.2, 0) is 4.79 Å². The van der Waals surface area contributed by atoms with Crippen molar-refractivity contribution in [1.29, 1.82) is 0 Å². The molecule has 6 rings (SSSR count). The normalized spacial score (nSPS) is 21.4. The monoisotopic (exact) mass is 471 g/mol. The maximum atomic E-state index is 13.7. The number of benzene rings is 2. The van der Waals surface area contributed by atoms with Crippen LogP contribution in [0.4, 0.5) is 0 Å². The van der Waals surface area contributed by atoms with Crippen molar-refractivity contribution in [3.8, 4) is 5.75 Å². The van der Waals surface area contributed by atoms with Crippen LogP contribution in [0.3, 0.4) is 0 Å². The molecule has 2 aliphatic rings. The highest BCUT2D eigenvalue weighted by atomic mass is 32.1. The Bertz CT molecular complexity index is 1330. The number of hydrogen-bond acceptors (Lipinski definition) is 4. The van der Waals surface area contributed by atoms with E-state index in [1.54, 1.807) is 18.4 Å². The Hall–Kier alpha value is -3.12. The van der Waals surface area contributed by atoms with Crippen LogP contribution >= 0.6 is 11.3 Å². The summed E-state index contributed by atoms with van der Waals surface area (Å²) in [6, 6.07) is 14.5. The molecule has 174 valence electrons. The minimum Gasteiger partial charge on any atom is -0.497 e. The van der Waals surface area contributed by atoms with Gasteiger partial charge in [-0.1, -0.05) is 24.3 Å². The molecule has 0 spiro atoms.